The average molecular weight is 1490 g/mol. The van der Waals surface area contributed by atoms with E-state index in [0.717, 1.165) is 124 Å². The van der Waals surface area contributed by atoms with Crippen molar-refractivity contribution in [2.24, 2.45) is 0 Å². The van der Waals surface area contributed by atoms with Gasteiger partial charge in [-0.05, 0) is 195 Å². The van der Waals surface area contributed by atoms with Crippen LogP contribution in [0.3, 0.4) is 0 Å². The lowest BCUT2D eigenvalue weighted by Crippen LogP contribution is -2.43. The van der Waals surface area contributed by atoms with Gasteiger partial charge in [0.05, 0.1) is 27.9 Å². The SMILES string of the molecule is CC1(C)c2ccccc2C2(c3ccccc3Oc3c(N(c4ccc(-c5ccccc5)cc4)c4ccc(-c5cccc(-c6ccc7ccc8c(c7c6)C(C)(C)c6ccccc6C86c7ccccc7Oc7c(N(c8ccc(-c9ccccc9)cc8)c8ccccc8-c8ccccc8)cccc76)c5)cc4)cccc32)c2ccc3ccccc3c21. The number of anilines is 6. The molecule has 0 N–H and O–H groups in total. The number of fused-ring (bicyclic) bond motifs is 20. The first-order valence-electron chi connectivity index (χ1n) is 40.4. The van der Waals surface area contributed by atoms with Crippen LogP contribution < -0.4 is 19.3 Å². The fraction of sp³-hybridized carbons (Fsp3) is 0.0714. The van der Waals surface area contributed by atoms with Gasteiger partial charge in [0.2, 0.25) is 0 Å². The molecule has 4 heteroatoms. The standard InChI is InChI=1S/C112H80N2O2/c1-109(2)90-40-17-19-42-92(90)111(96-69-61-79-35-14-15-39-88(79)105(96)109)94-44-21-24-51-103(94)115-107-98(111)46-27-49-101(107)113(84-63-55-75(56-64-84)73-29-8-5-9-30-73)85-65-59-77(60-66-85)81-36-26-37-82(71-81)83-54-53-80-62-70-97-106(89(80)72-83)110(3,4)91-41-18-20-43-93(91)112(97)95-45-22-25-52-104(95)116-108-99(112)47-28-50-102(108)114(86-67-57-76(58-68-86)74-31-10-6-11-32-74)100-48-23-16-38-87(100)78-33-12-7-13-34-78/h5-72H,1-4H3. The van der Waals surface area contributed by atoms with Gasteiger partial charge in [-0.1, -0.05) is 361 Å². The molecule has 0 amide bonds. The fourth-order valence-electron chi connectivity index (χ4n) is 20.5. The van der Waals surface area contributed by atoms with Gasteiger partial charge in [0.15, 0.2) is 11.5 Å². The van der Waals surface area contributed by atoms with E-state index >= 15 is 0 Å². The Morgan fingerprint density at radius 2 is 0.543 bits per heavy atom. The van der Waals surface area contributed by atoms with E-state index in [1.807, 2.05) is 0 Å². The quantitative estimate of drug-likeness (QED) is 0.129. The van der Waals surface area contributed by atoms with Crippen LogP contribution in [0, 0.1) is 0 Å². The number of ether oxygens (including phenoxy) is 2. The van der Waals surface area contributed by atoms with E-state index in [1.54, 1.807) is 0 Å². The Bertz CT molecular complexity index is 6950. The van der Waals surface area contributed by atoms with Crippen LogP contribution in [-0.2, 0) is 21.7 Å². The Balaban J connectivity index is 0.680. The van der Waals surface area contributed by atoms with Crippen LogP contribution in [0.2, 0.25) is 0 Å². The van der Waals surface area contributed by atoms with E-state index in [-0.39, 0.29) is 5.41 Å². The third-order valence-corrected chi connectivity index (χ3v) is 25.7. The van der Waals surface area contributed by atoms with Crippen LogP contribution in [0.1, 0.15) is 94.5 Å². The van der Waals surface area contributed by atoms with Crippen LogP contribution in [0.4, 0.5) is 34.1 Å². The molecule has 2 spiro atoms. The van der Waals surface area contributed by atoms with E-state index in [0.29, 0.717) is 0 Å². The summed E-state index contributed by atoms with van der Waals surface area (Å²) in [5, 5.41) is 4.91. The Morgan fingerprint density at radius 3 is 1.08 bits per heavy atom. The van der Waals surface area contributed by atoms with E-state index in [2.05, 4.69) is 450 Å². The molecule has 0 radical (unpaired) electrons. The molecule has 18 aromatic rings. The number of hydrogen-bond acceptors (Lipinski definition) is 4. The highest BCUT2D eigenvalue weighted by molar-refractivity contribution is 5.99. The molecule has 4 nitrogen and oxygen atoms in total. The number of benzene rings is 18. The lowest BCUT2D eigenvalue weighted by molar-refractivity contribution is 0.427. The molecule has 22 rings (SSSR count). The van der Waals surface area contributed by atoms with E-state index in [4.69, 9.17) is 9.47 Å². The van der Waals surface area contributed by atoms with Crippen LogP contribution in [0.5, 0.6) is 23.0 Å². The molecule has 550 valence electrons. The topological polar surface area (TPSA) is 24.9 Å². The van der Waals surface area contributed by atoms with Crippen molar-refractivity contribution in [3.8, 4) is 78.6 Å². The van der Waals surface area contributed by atoms with Gasteiger partial charge in [-0.3, -0.25) is 0 Å². The van der Waals surface area contributed by atoms with Gasteiger partial charge in [-0.15, -0.1) is 0 Å². The molecule has 2 heterocycles. The second-order valence-electron chi connectivity index (χ2n) is 32.5. The molecule has 0 saturated carbocycles. The predicted octanol–water partition coefficient (Wildman–Crippen LogP) is 29.5. The maximum absolute atomic E-state index is 7.61. The second kappa shape index (κ2) is 26.7. The summed E-state index contributed by atoms with van der Waals surface area (Å²) in [7, 11) is 0. The molecule has 2 aliphatic heterocycles. The molecule has 0 saturated heterocycles. The minimum absolute atomic E-state index is 0.318. The summed E-state index contributed by atoms with van der Waals surface area (Å²) in [6.07, 6.45) is 0. The van der Waals surface area contributed by atoms with Crippen molar-refractivity contribution in [3.05, 3.63) is 479 Å². The molecule has 0 aromatic heterocycles. The second-order valence-corrected chi connectivity index (χ2v) is 32.5. The average Bonchev–Trinajstić information content (AvgIpc) is 0.672. The molecule has 2 aliphatic carbocycles. The molecule has 4 aliphatic rings. The van der Waals surface area contributed by atoms with Crippen molar-refractivity contribution in [1.82, 2.24) is 0 Å². The lowest BCUT2D eigenvalue weighted by atomic mass is 9.53. The van der Waals surface area contributed by atoms with Gasteiger partial charge in [-0.25, -0.2) is 0 Å². The third-order valence-electron chi connectivity index (χ3n) is 25.7. The van der Waals surface area contributed by atoms with E-state index in [9.17, 15) is 0 Å². The summed E-state index contributed by atoms with van der Waals surface area (Å²) in [4.78, 5) is 4.82. The molecule has 18 aromatic carbocycles. The fourth-order valence-corrected chi connectivity index (χ4v) is 20.5. The maximum Gasteiger partial charge on any atom is 0.156 e. The zero-order valence-electron chi connectivity index (χ0n) is 65.0. The molecule has 0 bridgehead atoms. The van der Waals surface area contributed by atoms with Gasteiger partial charge in [0, 0.05) is 55.7 Å². The van der Waals surface area contributed by atoms with Crippen LogP contribution in [0.15, 0.2) is 413 Å². The van der Waals surface area contributed by atoms with Crippen LogP contribution in [0.25, 0.3) is 77.2 Å². The zero-order valence-corrected chi connectivity index (χ0v) is 65.0. The van der Waals surface area contributed by atoms with Crippen LogP contribution >= 0.6 is 0 Å². The zero-order chi connectivity index (χ0) is 77.4. The molecule has 2 atom stereocenters. The summed E-state index contributed by atoms with van der Waals surface area (Å²) < 4.78 is 15.1. The summed E-state index contributed by atoms with van der Waals surface area (Å²) in [6.45, 7) is 9.69. The first-order chi connectivity index (χ1) is 57.0. The minimum Gasteiger partial charge on any atom is -0.454 e. The number of rotatable bonds is 11. The maximum atomic E-state index is 7.61. The van der Waals surface area contributed by atoms with Gasteiger partial charge in [0.25, 0.3) is 0 Å². The van der Waals surface area contributed by atoms with E-state index in [1.165, 1.54) is 77.2 Å². The van der Waals surface area contributed by atoms with Gasteiger partial charge < -0.3 is 19.3 Å². The number of hydrogen-bond donors (Lipinski definition) is 0. The predicted molar refractivity (Wildman–Crippen MR) is 479 cm³/mol. The van der Waals surface area contributed by atoms with Crippen molar-refractivity contribution in [2.75, 3.05) is 9.80 Å². The summed E-state index contributed by atoms with van der Waals surface area (Å²) in [6, 6.07) is 152. The van der Waals surface area contributed by atoms with Crippen molar-refractivity contribution in [2.45, 2.75) is 49.4 Å². The van der Waals surface area contributed by atoms with Gasteiger partial charge in [-0.2, -0.15) is 0 Å². The molecule has 116 heavy (non-hydrogen) atoms. The first-order valence-corrected chi connectivity index (χ1v) is 40.4. The molecule has 0 fully saturated rings. The monoisotopic (exact) mass is 1480 g/mol. The van der Waals surface area contributed by atoms with Crippen molar-refractivity contribution in [3.63, 3.8) is 0 Å². The Morgan fingerprint density at radius 1 is 0.207 bits per heavy atom. The number of para-hydroxylation sites is 5. The highest BCUT2D eigenvalue weighted by Crippen LogP contribution is 2.67. The molecule has 2 unspecified atom stereocenters. The van der Waals surface area contributed by atoms with E-state index < -0.39 is 16.2 Å². The Kier molecular flexibility index (Phi) is 15.7. The first kappa shape index (κ1) is 68.5. The van der Waals surface area contributed by atoms with Crippen molar-refractivity contribution >= 4 is 55.7 Å². The molecular weight excluding hydrogens is 1410 g/mol. The Hall–Kier alpha value is -14.3. The summed E-state index contributed by atoms with van der Waals surface area (Å²) in [5.74, 6) is 3.31. The largest absolute Gasteiger partial charge is 0.454 e. The lowest BCUT2D eigenvalue weighted by Gasteiger charge is -2.50. The molecular formula is C112H80N2O2. The smallest absolute Gasteiger partial charge is 0.156 e. The summed E-state index contributed by atoms with van der Waals surface area (Å²) >= 11 is 0. The van der Waals surface area contributed by atoms with Crippen molar-refractivity contribution in [1.29, 1.82) is 0 Å². The van der Waals surface area contributed by atoms with Crippen molar-refractivity contribution < 1.29 is 9.47 Å². The van der Waals surface area contributed by atoms with Gasteiger partial charge in [0.1, 0.15) is 11.5 Å². The summed E-state index contributed by atoms with van der Waals surface area (Å²) in [5.41, 5.74) is 29.8. The third kappa shape index (κ3) is 10.3. The Labute approximate surface area is 677 Å². The normalized spacial score (nSPS) is 15.9. The minimum atomic E-state index is -0.817. The van der Waals surface area contributed by atoms with Crippen LogP contribution in [-0.4, -0.2) is 0 Å². The number of nitrogens with zero attached hydrogens (tertiary/aromatic N) is 2. The highest BCUT2D eigenvalue weighted by atomic mass is 16.5. The van der Waals surface area contributed by atoms with Gasteiger partial charge >= 0.3 is 0 Å². The highest BCUT2D eigenvalue weighted by Gasteiger charge is 2.56.